The largest absolute Gasteiger partial charge is 0.418 e. The van der Waals surface area contributed by atoms with E-state index in [1.165, 1.54) is 18.2 Å². The van der Waals surface area contributed by atoms with Gasteiger partial charge < -0.3 is 10.6 Å². The number of amides is 1. The molecule has 0 aliphatic rings. The monoisotopic (exact) mass is 342 g/mol. The summed E-state index contributed by atoms with van der Waals surface area (Å²) in [4.78, 5) is 11.9. The van der Waals surface area contributed by atoms with Crippen molar-refractivity contribution in [3.8, 4) is 0 Å². The number of hydrogen-bond donors (Lipinski definition) is 2. The van der Waals surface area contributed by atoms with Gasteiger partial charge in [0.15, 0.2) is 0 Å². The molecule has 3 nitrogen and oxygen atoms in total. The predicted molar refractivity (Wildman–Crippen MR) is 84.8 cm³/mol. The van der Waals surface area contributed by atoms with Crippen molar-refractivity contribution in [2.45, 2.75) is 13.1 Å². The van der Waals surface area contributed by atoms with E-state index in [0.29, 0.717) is 10.7 Å². The molecular weight excluding hydrogens is 329 g/mol. The number of alkyl halides is 3. The van der Waals surface area contributed by atoms with Gasteiger partial charge in [0, 0.05) is 16.4 Å². The zero-order chi connectivity index (χ0) is 17.0. The van der Waals surface area contributed by atoms with Gasteiger partial charge in [-0.05, 0) is 42.8 Å². The van der Waals surface area contributed by atoms with Gasteiger partial charge in [0.2, 0.25) is 5.91 Å². The lowest BCUT2D eigenvalue weighted by atomic mass is 10.1. The molecule has 23 heavy (non-hydrogen) atoms. The normalized spacial score (nSPS) is 11.2. The lowest BCUT2D eigenvalue weighted by molar-refractivity contribution is -0.137. The molecule has 2 aromatic rings. The van der Waals surface area contributed by atoms with E-state index in [0.717, 1.165) is 11.6 Å². The molecule has 0 radical (unpaired) electrons. The molecule has 0 bridgehead atoms. The summed E-state index contributed by atoms with van der Waals surface area (Å²) in [5, 5.41) is 5.68. The van der Waals surface area contributed by atoms with Crippen molar-refractivity contribution >= 4 is 28.9 Å². The first kappa shape index (κ1) is 17.1. The highest BCUT2D eigenvalue weighted by Gasteiger charge is 2.33. The van der Waals surface area contributed by atoms with Crippen LogP contribution in [0.1, 0.15) is 11.1 Å². The third-order valence-corrected chi connectivity index (χ3v) is 3.37. The molecule has 0 atom stereocenters. The summed E-state index contributed by atoms with van der Waals surface area (Å²) in [5.74, 6) is -0.451. The number of benzene rings is 2. The average Bonchev–Trinajstić information content (AvgIpc) is 2.47. The Morgan fingerprint density at radius 3 is 2.48 bits per heavy atom. The standard InChI is InChI=1S/C16H14ClF3N2O/c1-10-8-11(17)6-7-13(10)22-15(23)9-21-14-5-3-2-4-12(14)16(18,19)20/h2-8,21H,9H2,1H3,(H,22,23). The van der Waals surface area contributed by atoms with Gasteiger partial charge in [-0.2, -0.15) is 13.2 Å². The van der Waals surface area contributed by atoms with Gasteiger partial charge in [-0.1, -0.05) is 23.7 Å². The molecule has 0 aliphatic carbocycles. The zero-order valence-electron chi connectivity index (χ0n) is 12.2. The Balaban J connectivity index is 2.03. The van der Waals surface area contributed by atoms with E-state index in [1.54, 1.807) is 25.1 Å². The third kappa shape index (κ3) is 4.63. The van der Waals surface area contributed by atoms with Crippen molar-refractivity contribution < 1.29 is 18.0 Å². The lowest BCUT2D eigenvalue weighted by Crippen LogP contribution is -2.23. The van der Waals surface area contributed by atoms with Crippen molar-refractivity contribution in [3.63, 3.8) is 0 Å². The van der Waals surface area contributed by atoms with Crippen LogP contribution in [0.2, 0.25) is 5.02 Å². The number of para-hydroxylation sites is 1. The Morgan fingerprint density at radius 1 is 1.13 bits per heavy atom. The number of rotatable bonds is 4. The number of halogens is 4. The SMILES string of the molecule is Cc1cc(Cl)ccc1NC(=O)CNc1ccccc1C(F)(F)F. The van der Waals surface area contributed by atoms with E-state index in [1.807, 2.05) is 0 Å². The molecule has 0 saturated carbocycles. The summed E-state index contributed by atoms with van der Waals surface area (Å²) in [6.45, 7) is 1.49. The van der Waals surface area contributed by atoms with E-state index >= 15 is 0 Å². The van der Waals surface area contributed by atoms with E-state index in [2.05, 4.69) is 10.6 Å². The smallest absolute Gasteiger partial charge is 0.376 e. The Bertz CT molecular complexity index is 717. The molecule has 0 aliphatic heterocycles. The molecule has 0 spiro atoms. The Kier molecular flexibility index (Phi) is 5.15. The Labute approximate surface area is 136 Å². The quantitative estimate of drug-likeness (QED) is 0.844. The predicted octanol–water partition coefficient (Wildman–Crippen LogP) is 4.72. The van der Waals surface area contributed by atoms with Crippen LogP contribution < -0.4 is 10.6 Å². The summed E-state index contributed by atoms with van der Waals surface area (Å²) in [6.07, 6.45) is -4.48. The maximum atomic E-state index is 12.9. The third-order valence-electron chi connectivity index (χ3n) is 3.13. The molecule has 122 valence electrons. The molecule has 2 aromatic carbocycles. The summed E-state index contributed by atoms with van der Waals surface area (Å²) in [6, 6.07) is 9.95. The number of nitrogens with one attached hydrogen (secondary N) is 2. The van der Waals surface area contributed by atoms with E-state index in [-0.39, 0.29) is 12.2 Å². The number of carbonyl (C=O) groups is 1. The van der Waals surface area contributed by atoms with E-state index in [4.69, 9.17) is 11.6 Å². The van der Waals surface area contributed by atoms with Gasteiger partial charge in [0.1, 0.15) is 0 Å². The van der Waals surface area contributed by atoms with Crippen LogP contribution in [0.5, 0.6) is 0 Å². The van der Waals surface area contributed by atoms with Crippen LogP contribution in [0.25, 0.3) is 0 Å². The summed E-state index contributed by atoms with van der Waals surface area (Å²) in [5.41, 5.74) is 0.380. The highest BCUT2D eigenvalue weighted by Crippen LogP contribution is 2.34. The van der Waals surface area contributed by atoms with Crippen molar-refractivity contribution in [2.24, 2.45) is 0 Å². The highest BCUT2D eigenvalue weighted by molar-refractivity contribution is 6.30. The minimum absolute atomic E-state index is 0.136. The van der Waals surface area contributed by atoms with Crippen molar-refractivity contribution in [1.82, 2.24) is 0 Å². The zero-order valence-corrected chi connectivity index (χ0v) is 12.9. The first-order valence-corrected chi connectivity index (χ1v) is 7.11. The van der Waals surface area contributed by atoms with Crippen molar-refractivity contribution in [1.29, 1.82) is 0 Å². The van der Waals surface area contributed by atoms with Crippen LogP contribution >= 0.6 is 11.6 Å². The molecule has 2 rings (SSSR count). The van der Waals surface area contributed by atoms with Crippen LogP contribution in [-0.2, 0) is 11.0 Å². The van der Waals surface area contributed by atoms with Gasteiger partial charge in [0.25, 0.3) is 0 Å². The van der Waals surface area contributed by atoms with Gasteiger partial charge in [-0.15, -0.1) is 0 Å². The number of anilines is 2. The van der Waals surface area contributed by atoms with Gasteiger partial charge >= 0.3 is 6.18 Å². The summed E-state index contributed by atoms with van der Waals surface area (Å²) in [7, 11) is 0. The fourth-order valence-corrected chi connectivity index (χ4v) is 2.25. The second kappa shape index (κ2) is 6.91. The maximum absolute atomic E-state index is 12.9. The van der Waals surface area contributed by atoms with Crippen molar-refractivity contribution in [2.75, 3.05) is 17.2 Å². The van der Waals surface area contributed by atoms with Gasteiger partial charge in [-0.3, -0.25) is 4.79 Å². The van der Waals surface area contributed by atoms with Crippen LogP contribution in [0.15, 0.2) is 42.5 Å². The minimum Gasteiger partial charge on any atom is -0.376 e. The second-order valence-electron chi connectivity index (χ2n) is 4.90. The minimum atomic E-state index is -4.48. The van der Waals surface area contributed by atoms with Crippen molar-refractivity contribution in [3.05, 3.63) is 58.6 Å². The fourth-order valence-electron chi connectivity index (χ4n) is 2.02. The Hall–Kier alpha value is -2.21. The summed E-state index contributed by atoms with van der Waals surface area (Å²) >= 11 is 5.82. The number of hydrogen-bond acceptors (Lipinski definition) is 2. The number of aryl methyl sites for hydroxylation is 1. The average molecular weight is 343 g/mol. The van der Waals surface area contributed by atoms with Crippen LogP contribution in [0.4, 0.5) is 24.5 Å². The molecular formula is C16H14ClF3N2O. The topological polar surface area (TPSA) is 41.1 Å². The highest BCUT2D eigenvalue weighted by atomic mass is 35.5. The molecule has 0 unspecified atom stereocenters. The lowest BCUT2D eigenvalue weighted by Gasteiger charge is -2.14. The summed E-state index contributed by atoms with van der Waals surface area (Å²) < 4.78 is 38.6. The molecule has 1 amide bonds. The molecule has 0 saturated heterocycles. The van der Waals surface area contributed by atoms with Crippen LogP contribution in [-0.4, -0.2) is 12.5 Å². The van der Waals surface area contributed by atoms with Gasteiger partial charge in [-0.25, -0.2) is 0 Å². The van der Waals surface area contributed by atoms with Crippen LogP contribution in [0, 0.1) is 6.92 Å². The Morgan fingerprint density at radius 2 is 1.83 bits per heavy atom. The molecule has 7 heteroatoms. The molecule has 0 fully saturated rings. The molecule has 0 heterocycles. The van der Waals surface area contributed by atoms with E-state index < -0.39 is 17.6 Å². The van der Waals surface area contributed by atoms with E-state index in [9.17, 15) is 18.0 Å². The fraction of sp³-hybridized carbons (Fsp3) is 0.188. The second-order valence-corrected chi connectivity index (χ2v) is 5.34. The van der Waals surface area contributed by atoms with Crippen LogP contribution in [0.3, 0.4) is 0 Å². The molecule has 0 aromatic heterocycles. The maximum Gasteiger partial charge on any atom is 0.418 e. The first-order chi connectivity index (χ1) is 10.8. The molecule has 2 N–H and O–H groups in total. The number of carbonyl (C=O) groups excluding carboxylic acids is 1. The van der Waals surface area contributed by atoms with Gasteiger partial charge in [0.05, 0.1) is 12.1 Å². The first-order valence-electron chi connectivity index (χ1n) is 6.73.